The molecule has 72 valence electrons. The SMILES string of the molecule is CO[Si](CCC(N)=O)(OC)OC. The van der Waals surface area contributed by atoms with Gasteiger partial charge in [-0.3, -0.25) is 4.79 Å². The van der Waals surface area contributed by atoms with Crippen molar-refractivity contribution >= 4 is 14.7 Å². The molecule has 0 saturated carbocycles. The molecule has 6 heteroatoms. The quantitative estimate of drug-likeness (QED) is 0.590. The van der Waals surface area contributed by atoms with E-state index in [-0.39, 0.29) is 12.3 Å². The van der Waals surface area contributed by atoms with Gasteiger partial charge in [0.25, 0.3) is 0 Å². The Morgan fingerprint density at radius 3 is 1.92 bits per heavy atom. The Kier molecular flexibility index (Phi) is 5.06. The molecule has 0 aromatic carbocycles. The Morgan fingerprint density at radius 2 is 1.67 bits per heavy atom. The van der Waals surface area contributed by atoms with Gasteiger partial charge in [-0.25, -0.2) is 0 Å². The van der Waals surface area contributed by atoms with Gasteiger partial charge >= 0.3 is 8.80 Å². The van der Waals surface area contributed by atoms with Gasteiger partial charge in [0.15, 0.2) is 0 Å². The molecular weight excluding hydrogens is 178 g/mol. The van der Waals surface area contributed by atoms with E-state index in [0.29, 0.717) is 6.04 Å². The van der Waals surface area contributed by atoms with Crippen molar-refractivity contribution < 1.29 is 18.1 Å². The number of carbonyl (C=O) groups is 1. The van der Waals surface area contributed by atoms with Crippen molar-refractivity contribution in [3.8, 4) is 0 Å². The summed E-state index contributed by atoms with van der Waals surface area (Å²) < 4.78 is 15.2. The van der Waals surface area contributed by atoms with E-state index in [1.54, 1.807) is 0 Å². The van der Waals surface area contributed by atoms with Crippen LogP contribution in [0.25, 0.3) is 0 Å². The zero-order valence-electron chi connectivity index (χ0n) is 7.62. The van der Waals surface area contributed by atoms with Crippen molar-refractivity contribution in [3.05, 3.63) is 0 Å². The van der Waals surface area contributed by atoms with Gasteiger partial charge in [-0.05, 0) is 0 Å². The summed E-state index contributed by atoms with van der Waals surface area (Å²) in [7, 11) is 1.92. The van der Waals surface area contributed by atoms with Crippen LogP contribution in [0.3, 0.4) is 0 Å². The molecule has 0 saturated heterocycles. The van der Waals surface area contributed by atoms with E-state index in [0.717, 1.165) is 0 Å². The molecule has 0 atom stereocenters. The third-order valence-electron chi connectivity index (χ3n) is 1.61. The summed E-state index contributed by atoms with van der Waals surface area (Å²) in [6, 6.07) is 0.422. The standard InChI is InChI=1S/C6H15NO4Si/c1-9-12(10-2,11-3)5-4-6(7)8/h4-5H2,1-3H3,(H2,7,8). The Morgan fingerprint density at radius 1 is 1.25 bits per heavy atom. The molecule has 5 nitrogen and oxygen atoms in total. The smallest absolute Gasteiger partial charge is 0.377 e. The third kappa shape index (κ3) is 3.31. The molecule has 0 aliphatic heterocycles. The van der Waals surface area contributed by atoms with Gasteiger partial charge in [0, 0.05) is 33.8 Å². The van der Waals surface area contributed by atoms with Crippen LogP contribution in [-0.2, 0) is 18.1 Å². The van der Waals surface area contributed by atoms with Gasteiger partial charge in [-0.15, -0.1) is 0 Å². The van der Waals surface area contributed by atoms with Crippen molar-refractivity contribution in [3.63, 3.8) is 0 Å². The first-order valence-corrected chi connectivity index (χ1v) is 5.47. The van der Waals surface area contributed by atoms with E-state index < -0.39 is 8.80 Å². The van der Waals surface area contributed by atoms with Gasteiger partial charge in [-0.2, -0.15) is 0 Å². The largest absolute Gasteiger partial charge is 0.500 e. The molecule has 0 radical (unpaired) electrons. The summed E-state index contributed by atoms with van der Waals surface area (Å²) in [4.78, 5) is 10.5. The molecule has 0 unspecified atom stereocenters. The van der Waals surface area contributed by atoms with Crippen molar-refractivity contribution in [2.45, 2.75) is 12.5 Å². The monoisotopic (exact) mass is 193 g/mol. The molecule has 0 aliphatic carbocycles. The fourth-order valence-corrected chi connectivity index (χ4v) is 2.50. The van der Waals surface area contributed by atoms with Crippen LogP contribution in [-0.4, -0.2) is 36.0 Å². The molecule has 0 fully saturated rings. The summed E-state index contributed by atoms with van der Waals surface area (Å²) >= 11 is 0. The maximum absolute atomic E-state index is 10.5. The topological polar surface area (TPSA) is 70.8 Å². The lowest BCUT2D eigenvalue weighted by atomic mass is 10.5. The highest BCUT2D eigenvalue weighted by Crippen LogP contribution is 2.14. The Hall–Kier alpha value is -0.433. The molecule has 1 amide bonds. The van der Waals surface area contributed by atoms with E-state index in [4.69, 9.17) is 19.0 Å². The average molecular weight is 193 g/mol. The van der Waals surface area contributed by atoms with Crippen LogP contribution in [0.15, 0.2) is 0 Å². The zero-order chi connectivity index (χ0) is 9.61. The second-order valence-corrected chi connectivity index (χ2v) is 5.35. The fourth-order valence-electron chi connectivity index (χ4n) is 0.832. The van der Waals surface area contributed by atoms with E-state index in [2.05, 4.69) is 0 Å². The summed E-state index contributed by atoms with van der Waals surface area (Å²) in [5.41, 5.74) is 4.98. The van der Waals surface area contributed by atoms with Gasteiger partial charge in [0.05, 0.1) is 0 Å². The Bertz CT molecular complexity index is 140. The second kappa shape index (κ2) is 5.25. The lowest BCUT2D eigenvalue weighted by Gasteiger charge is -2.23. The highest BCUT2D eigenvalue weighted by atomic mass is 28.4. The first kappa shape index (κ1) is 11.6. The van der Waals surface area contributed by atoms with E-state index in [1.165, 1.54) is 21.3 Å². The molecule has 0 rings (SSSR count). The van der Waals surface area contributed by atoms with Gasteiger partial charge in [-0.1, -0.05) is 0 Å². The molecule has 0 bridgehead atoms. The number of hydrogen-bond acceptors (Lipinski definition) is 4. The minimum Gasteiger partial charge on any atom is -0.377 e. The van der Waals surface area contributed by atoms with Crippen LogP contribution >= 0.6 is 0 Å². The number of nitrogens with two attached hydrogens (primary N) is 1. The molecule has 0 spiro atoms. The van der Waals surface area contributed by atoms with Crippen molar-refractivity contribution in [2.24, 2.45) is 5.73 Å². The van der Waals surface area contributed by atoms with Crippen LogP contribution in [0.4, 0.5) is 0 Å². The highest BCUT2D eigenvalue weighted by molar-refractivity contribution is 6.60. The first-order chi connectivity index (χ1) is 5.60. The lowest BCUT2D eigenvalue weighted by Crippen LogP contribution is -2.43. The molecule has 0 aromatic heterocycles. The van der Waals surface area contributed by atoms with Crippen molar-refractivity contribution in [1.29, 1.82) is 0 Å². The van der Waals surface area contributed by atoms with Gasteiger partial charge in [0.1, 0.15) is 0 Å². The molecular formula is C6H15NO4Si. The fraction of sp³-hybridized carbons (Fsp3) is 0.833. The van der Waals surface area contributed by atoms with E-state index >= 15 is 0 Å². The number of rotatable bonds is 6. The first-order valence-electron chi connectivity index (χ1n) is 3.54. The second-order valence-electron chi connectivity index (χ2n) is 2.26. The number of hydrogen-bond donors (Lipinski definition) is 1. The average Bonchev–Trinajstić information content (AvgIpc) is 2.08. The summed E-state index contributed by atoms with van der Waals surface area (Å²) in [6.07, 6.45) is 0.224. The van der Waals surface area contributed by atoms with Crippen molar-refractivity contribution in [2.75, 3.05) is 21.3 Å². The number of primary amides is 1. The van der Waals surface area contributed by atoms with E-state index in [9.17, 15) is 4.79 Å². The number of amides is 1. The van der Waals surface area contributed by atoms with E-state index in [1.807, 2.05) is 0 Å². The normalized spacial score (nSPS) is 11.6. The highest BCUT2D eigenvalue weighted by Gasteiger charge is 2.37. The summed E-state index contributed by atoms with van der Waals surface area (Å²) in [6.45, 7) is 0. The maximum atomic E-state index is 10.5. The van der Waals surface area contributed by atoms with Crippen LogP contribution in [0, 0.1) is 0 Å². The zero-order valence-corrected chi connectivity index (χ0v) is 8.62. The minimum atomic E-state index is -2.58. The number of carbonyl (C=O) groups excluding carboxylic acids is 1. The van der Waals surface area contributed by atoms with Crippen LogP contribution in [0.5, 0.6) is 0 Å². The predicted molar refractivity (Wildman–Crippen MR) is 45.4 cm³/mol. The van der Waals surface area contributed by atoms with Gasteiger partial charge in [0.2, 0.25) is 5.91 Å². The minimum absolute atomic E-state index is 0.224. The van der Waals surface area contributed by atoms with Crippen LogP contribution in [0.2, 0.25) is 6.04 Å². The molecule has 0 aromatic rings. The predicted octanol–water partition coefficient (Wildman–Crippen LogP) is -0.260. The van der Waals surface area contributed by atoms with Crippen LogP contribution < -0.4 is 5.73 Å². The molecule has 0 heterocycles. The summed E-state index contributed by atoms with van der Waals surface area (Å²) in [5, 5.41) is 0. The lowest BCUT2D eigenvalue weighted by molar-refractivity contribution is -0.117. The summed E-state index contributed by atoms with van der Waals surface area (Å²) in [5.74, 6) is -0.377. The molecule has 2 N–H and O–H groups in total. The van der Waals surface area contributed by atoms with Gasteiger partial charge < -0.3 is 19.0 Å². The Labute approximate surface area is 73.2 Å². The van der Waals surface area contributed by atoms with Crippen molar-refractivity contribution in [1.82, 2.24) is 0 Å². The third-order valence-corrected chi connectivity index (χ3v) is 4.34. The Balaban J connectivity index is 4.01. The van der Waals surface area contributed by atoms with Crippen LogP contribution in [0.1, 0.15) is 6.42 Å². The maximum Gasteiger partial charge on any atom is 0.500 e. The molecule has 0 aliphatic rings. The molecule has 12 heavy (non-hydrogen) atoms.